The maximum Gasteiger partial charge on any atom is 0.319 e. The number of halogens is 2. The van der Waals surface area contributed by atoms with Crippen molar-refractivity contribution in [2.24, 2.45) is 0 Å². The monoisotopic (exact) mass is 345 g/mol. The lowest BCUT2D eigenvalue weighted by Gasteiger charge is -2.11. The lowest BCUT2D eigenvalue weighted by Crippen LogP contribution is -2.32. The van der Waals surface area contributed by atoms with Crippen LogP contribution < -0.4 is 16.0 Å². The van der Waals surface area contributed by atoms with Crippen LogP contribution >= 0.6 is 15.9 Å². The number of carbonyl (C=O) groups is 2. The molecule has 1 rings (SSSR count). The fourth-order valence-electron chi connectivity index (χ4n) is 1.50. The molecule has 0 bridgehead atoms. The van der Waals surface area contributed by atoms with Crippen LogP contribution in [0.25, 0.3) is 0 Å². The number of urea groups is 1. The Morgan fingerprint density at radius 2 is 1.90 bits per heavy atom. The normalized spacial score (nSPS) is 10.0. The Bertz CT molecular complexity index is 509. The van der Waals surface area contributed by atoms with Gasteiger partial charge in [-0.1, -0.05) is 0 Å². The summed E-state index contributed by atoms with van der Waals surface area (Å²) in [5, 5.41) is 7.93. The van der Waals surface area contributed by atoms with Crippen LogP contribution in [0.1, 0.15) is 18.9 Å². The third-order valence-electron chi connectivity index (χ3n) is 2.53. The van der Waals surface area contributed by atoms with Gasteiger partial charge in [0.05, 0.1) is 4.47 Å². The van der Waals surface area contributed by atoms with Crippen LogP contribution in [0.5, 0.6) is 0 Å². The van der Waals surface area contributed by atoms with Gasteiger partial charge in [-0.15, -0.1) is 0 Å². The van der Waals surface area contributed by atoms with Crippen LogP contribution in [0.3, 0.4) is 0 Å². The summed E-state index contributed by atoms with van der Waals surface area (Å²) < 4.78 is 13.5. The van der Waals surface area contributed by atoms with Gasteiger partial charge < -0.3 is 16.0 Å². The van der Waals surface area contributed by atoms with E-state index in [9.17, 15) is 14.0 Å². The van der Waals surface area contributed by atoms with Gasteiger partial charge >= 0.3 is 6.03 Å². The molecular formula is C13H17BrFN3O2. The summed E-state index contributed by atoms with van der Waals surface area (Å²) in [5.74, 6) is -0.468. The van der Waals surface area contributed by atoms with Crippen LogP contribution in [0, 0.1) is 12.7 Å². The first-order valence-electron chi connectivity index (χ1n) is 6.15. The van der Waals surface area contributed by atoms with Gasteiger partial charge in [-0.3, -0.25) is 4.79 Å². The summed E-state index contributed by atoms with van der Waals surface area (Å²) in [6.07, 6.45) is 0.638. The number of aryl methyl sites for hydroxylation is 1. The van der Waals surface area contributed by atoms with Gasteiger partial charge in [0.15, 0.2) is 0 Å². The summed E-state index contributed by atoms with van der Waals surface area (Å²) >= 11 is 3.07. The first-order valence-corrected chi connectivity index (χ1v) is 6.94. The first-order chi connectivity index (χ1) is 9.40. The average molecular weight is 346 g/mol. The molecule has 0 fully saturated rings. The number of carbonyl (C=O) groups excluding carboxylic acids is 2. The Labute approximate surface area is 125 Å². The molecule has 7 heteroatoms. The highest BCUT2D eigenvalue weighted by molar-refractivity contribution is 9.10. The van der Waals surface area contributed by atoms with Crippen molar-refractivity contribution in [1.82, 2.24) is 10.6 Å². The van der Waals surface area contributed by atoms with E-state index >= 15 is 0 Å². The van der Waals surface area contributed by atoms with Crippen molar-refractivity contribution >= 4 is 33.6 Å². The minimum absolute atomic E-state index is 0.0961. The van der Waals surface area contributed by atoms with Crippen molar-refractivity contribution in [2.75, 3.05) is 18.4 Å². The molecule has 0 aliphatic rings. The van der Waals surface area contributed by atoms with Crippen molar-refractivity contribution in [2.45, 2.75) is 20.3 Å². The Balaban J connectivity index is 2.39. The van der Waals surface area contributed by atoms with Crippen LogP contribution in [0.2, 0.25) is 0 Å². The number of hydrogen-bond donors (Lipinski definition) is 3. The number of amides is 3. The first kappa shape index (κ1) is 16.4. The summed E-state index contributed by atoms with van der Waals surface area (Å²) in [7, 11) is 0. The SMILES string of the molecule is CC(=O)NCCCNC(=O)Nc1cc(Br)c(F)cc1C. The van der Waals surface area contributed by atoms with Crippen molar-refractivity contribution < 1.29 is 14.0 Å². The van der Waals surface area contributed by atoms with Gasteiger partial charge in [-0.05, 0) is 47.0 Å². The minimum atomic E-state index is -0.372. The largest absolute Gasteiger partial charge is 0.356 e. The topological polar surface area (TPSA) is 70.2 Å². The van der Waals surface area contributed by atoms with Crippen LogP contribution in [-0.2, 0) is 4.79 Å². The van der Waals surface area contributed by atoms with E-state index < -0.39 is 0 Å². The number of anilines is 1. The quantitative estimate of drug-likeness (QED) is 0.717. The molecule has 5 nitrogen and oxygen atoms in total. The maximum absolute atomic E-state index is 13.2. The number of hydrogen-bond acceptors (Lipinski definition) is 2. The molecule has 0 aliphatic heterocycles. The Morgan fingerprint density at radius 3 is 2.55 bits per heavy atom. The zero-order valence-corrected chi connectivity index (χ0v) is 12.9. The predicted molar refractivity (Wildman–Crippen MR) is 79.2 cm³/mol. The van der Waals surface area contributed by atoms with Gasteiger partial charge in [0.1, 0.15) is 5.82 Å². The maximum atomic E-state index is 13.2. The van der Waals surface area contributed by atoms with E-state index in [0.717, 1.165) is 0 Å². The van der Waals surface area contributed by atoms with Crippen molar-refractivity contribution in [3.63, 3.8) is 0 Å². The number of rotatable bonds is 5. The molecule has 110 valence electrons. The Morgan fingerprint density at radius 1 is 1.25 bits per heavy atom. The van der Waals surface area contributed by atoms with E-state index in [4.69, 9.17) is 0 Å². The van der Waals surface area contributed by atoms with Gasteiger partial charge in [-0.2, -0.15) is 0 Å². The lowest BCUT2D eigenvalue weighted by molar-refractivity contribution is -0.118. The van der Waals surface area contributed by atoms with E-state index in [0.29, 0.717) is 35.2 Å². The molecule has 1 aromatic rings. The summed E-state index contributed by atoms with van der Waals surface area (Å²) in [4.78, 5) is 22.3. The summed E-state index contributed by atoms with van der Waals surface area (Å²) in [6.45, 7) is 4.10. The average Bonchev–Trinajstić information content (AvgIpc) is 2.35. The summed E-state index contributed by atoms with van der Waals surface area (Å²) in [6, 6.07) is 2.49. The molecule has 0 heterocycles. The fourth-order valence-corrected chi connectivity index (χ4v) is 1.85. The number of nitrogens with one attached hydrogen (secondary N) is 3. The van der Waals surface area contributed by atoms with Crippen LogP contribution in [-0.4, -0.2) is 25.0 Å². The molecule has 0 spiro atoms. The molecule has 0 saturated heterocycles. The van der Waals surface area contributed by atoms with Crippen molar-refractivity contribution in [3.05, 3.63) is 28.0 Å². The molecule has 0 atom stereocenters. The highest BCUT2D eigenvalue weighted by Gasteiger charge is 2.08. The van der Waals surface area contributed by atoms with Crippen molar-refractivity contribution in [1.29, 1.82) is 0 Å². The molecule has 20 heavy (non-hydrogen) atoms. The van der Waals surface area contributed by atoms with Gasteiger partial charge in [0, 0.05) is 25.7 Å². The fraction of sp³-hybridized carbons (Fsp3) is 0.385. The second-order valence-corrected chi connectivity index (χ2v) is 5.15. The standard InChI is InChI=1S/C13H17BrFN3O2/c1-8-6-11(15)10(14)7-12(8)18-13(20)17-5-3-4-16-9(2)19/h6-7H,3-5H2,1-2H3,(H,16,19)(H2,17,18,20). The molecule has 0 aliphatic carbocycles. The van der Waals surface area contributed by atoms with Gasteiger partial charge in [0.2, 0.25) is 5.91 Å². The molecule has 3 amide bonds. The molecule has 0 unspecified atom stereocenters. The Hall–Kier alpha value is -1.63. The molecule has 0 saturated carbocycles. The Kier molecular flexibility index (Phi) is 6.44. The van der Waals surface area contributed by atoms with E-state index in [-0.39, 0.29) is 17.8 Å². The molecule has 0 aromatic heterocycles. The van der Waals surface area contributed by atoms with Crippen LogP contribution in [0.4, 0.5) is 14.9 Å². The van der Waals surface area contributed by atoms with Crippen LogP contribution in [0.15, 0.2) is 16.6 Å². The van der Waals surface area contributed by atoms with E-state index in [1.165, 1.54) is 19.1 Å². The molecule has 0 radical (unpaired) electrons. The zero-order chi connectivity index (χ0) is 15.1. The zero-order valence-electron chi connectivity index (χ0n) is 11.3. The second kappa shape index (κ2) is 7.84. The highest BCUT2D eigenvalue weighted by Crippen LogP contribution is 2.24. The predicted octanol–water partition coefficient (Wildman–Crippen LogP) is 2.54. The molecule has 1 aromatic carbocycles. The lowest BCUT2D eigenvalue weighted by atomic mass is 10.2. The second-order valence-electron chi connectivity index (χ2n) is 4.30. The van der Waals surface area contributed by atoms with E-state index in [2.05, 4.69) is 31.9 Å². The molecular weight excluding hydrogens is 329 g/mol. The third-order valence-corrected chi connectivity index (χ3v) is 3.14. The van der Waals surface area contributed by atoms with Crippen molar-refractivity contribution in [3.8, 4) is 0 Å². The van der Waals surface area contributed by atoms with E-state index in [1.807, 2.05) is 0 Å². The highest BCUT2D eigenvalue weighted by atomic mass is 79.9. The summed E-state index contributed by atoms with van der Waals surface area (Å²) in [5.41, 5.74) is 1.18. The smallest absolute Gasteiger partial charge is 0.319 e. The van der Waals surface area contributed by atoms with Gasteiger partial charge in [0.25, 0.3) is 0 Å². The minimum Gasteiger partial charge on any atom is -0.356 e. The van der Waals surface area contributed by atoms with Gasteiger partial charge in [-0.25, -0.2) is 9.18 Å². The third kappa shape index (κ3) is 5.56. The van der Waals surface area contributed by atoms with E-state index in [1.54, 1.807) is 6.92 Å². The molecule has 3 N–H and O–H groups in total. The number of benzene rings is 1.